The molecule has 0 radical (unpaired) electrons. The van der Waals surface area contributed by atoms with Gasteiger partial charge in [-0.2, -0.15) is 5.10 Å². The van der Waals surface area contributed by atoms with Crippen molar-refractivity contribution in [1.29, 1.82) is 0 Å². The van der Waals surface area contributed by atoms with Crippen LogP contribution in [0.1, 0.15) is 30.7 Å². The molecule has 1 aliphatic heterocycles. The molecule has 7 heteroatoms. The summed E-state index contributed by atoms with van der Waals surface area (Å²) in [7, 11) is -3.01. The topological polar surface area (TPSA) is 81.1 Å². The maximum Gasteiger partial charge on any atom is 0.224 e. The number of sulfone groups is 1. The predicted octanol–water partition coefficient (Wildman–Crippen LogP) is 0.831. The summed E-state index contributed by atoms with van der Waals surface area (Å²) in [6.45, 7) is 5.44. The molecular formula is C15H23N3O3S. The van der Waals surface area contributed by atoms with E-state index in [2.05, 4.69) is 16.5 Å². The first-order valence-electron chi connectivity index (χ1n) is 7.78. The van der Waals surface area contributed by atoms with Crippen molar-refractivity contribution >= 4 is 15.7 Å². The van der Waals surface area contributed by atoms with Crippen LogP contribution in [0.3, 0.4) is 0 Å². The van der Waals surface area contributed by atoms with Crippen molar-refractivity contribution in [2.45, 2.75) is 39.7 Å². The minimum Gasteiger partial charge on any atom is -0.355 e. The minimum absolute atomic E-state index is 0.00327. The number of carbonyl (C=O) groups excluding carboxylic acids is 1. The second kappa shape index (κ2) is 5.37. The van der Waals surface area contributed by atoms with Crippen molar-refractivity contribution < 1.29 is 13.2 Å². The molecule has 2 fully saturated rings. The van der Waals surface area contributed by atoms with Crippen LogP contribution in [0.15, 0.2) is 6.07 Å². The Kier molecular flexibility index (Phi) is 3.79. The van der Waals surface area contributed by atoms with E-state index in [0.29, 0.717) is 13.0 Å². The number of aromatic nitrogens is 2. The Bertz CT molecular complexity index is 689. The van der Waals surface area contributed by atoms with Crippen molar-refractivity contribution in [1.82, 2.24) is 15.1 Å². The summed E-state index contributed by atoms with van der Waals surface area (Å²) in [6.07, 6.45) is 2.61. The first kappa shape index (κ1) is 15.5. The van der Waals surface area contributed by atoms with Crippen molar-refractivity contribution in [3.63, 3.8) is 0 Å². The summed E-state index contributed by atoms with van der Waals surface area (Å²) < 4.78 is 24.9. The van der Waals surface area contributed by atoms with Gasteiger partial charge in [0.1, 0.15) is 0 Å². The maximum atomic E-state index is 12.1. The number of carbonyl (C=O) groups is 1. The molecule has 2 heterocycles. The van der Waals surface area contributed by atoms with E-state index in [9.17, 15) is 13.2 Å². The number of amides is 1. The lowest BCUT2D eigenvalue weighted by molar-refractivity contribution is -0.124. The van der Waals surface area contributed by atoms with E-state index < -0.39 is 9.84 Å². The molecule has 1 saturated heterocycles. The second-order valence-electron chi connectivity index (χ2n) is 6.90. The quantitative estimate of drug-likeness (QED) is 0.869. The van der Waals surface area contributed by atoms with Gasteiger partial charge in [-0.05, 0) is 39.2 Å². The maximum absolute atomic E-state index is 12.1. The molecule has 1 amide bonds. The van der Waals surface area contributed by atoms with E-state index in [1.807, 2.05) is 18.5 Å². The van der Waals surface area contributed by atoms with Crippen LogP contribution in [0.25, 0.3) is 0 Å². The number of hydrogen-bond donors (Lipinski definition) is 1. The van der Waals surface area contributed by atoms with Gasteiger partial charge < -0.3 is 5.32 Å². The molecule has 22 heavy (non-hydrogen) atoms. The molecule has 0 bridgehead atoms. The van der Waals surface area contributed by atoms with Gasteiger partial charge in [0.15, 0.2) is 9.84 Å². The lowest BCUT2D eigenvalue weighted by atomic mass is 10.1. The monoisotopic (exact) mass is 325 g/mol. The molecule has 6 nitrogen and oxygen atoms in total. The third-order valence-electron chi connectivity index (χ3n) is 4.79. The fraction of sp³-hybridized carbons (Fsp3) is 0.733. The van der Waals surface area contributed by atoms with Crippen molar-refractivity contribution in [2.75, 3.05) is 18.1 Å². The molecule has 1 atom stereocenters. The lowest BCUT2D eigenvalue weighted by Crippen LogP contribution is -2.37. The van der Waals surface area contributed by atoms with Crippen LogP contribution >= 0.6 is 0 Å². The third kappa shape index (κ3) is 3.34. The zero-order valence-electron chi connectivity index (χ0n) is 13.1. The molecule has 3 rings (SSSR count). The lowest BCUT2D eigenvalue weighted by Gasteiger charge is -2.18. The fourth-order valence-corrected chi connectivity index (χ4v) is 4.88. The molecule has 0 spiro atoms. The van der Waals surface area contributed by atoms with Gasteiger partial charge in [0.25, 0.3) is 0 Å². The first-order chi connectivity index (χ1) is 10.3. The highest BCUT2D eigenvalue weighted by Gasteiger charge is 2.44. The minimum atomic E-state index is -3.01. The third-order valence-corrected chi connectivity index (χ3v) is 6.55. The molecule has 1 aromatic heterocycles. The van der Waals surface area contributed by atoms with Gasteiger partial charge in [-0.15, -0.1) is 0 Å². The summed E-state index contributed by atoms with van der Waals surface area (Å²) in [5, 5.41) is 7.45. The molecule has 1 saturated carbocycles. The highest BCUT2D eigenvalue weighted by atomic mass is 32.2. The van der Waals surface area contributed by atoms with E-state index in [1.165, 1.54) is 0 Å². The fourth-order valence-electron chi connectivity index (χ4n) is 3.14. The van der Waals surface area contributed by atoms with Gasteiger partial charge in [-0.25, -0.2) is 8.42 Å². The van der Waals surface area contributed by atoms with E-state index in [4.69, 9.17) is 0 Å². The number of hydrogen-bond acceptors (Lipinski definition) is 4. The average molecular weight is 325 g/mol. The Balaban J connectivity index is 1.55. The highest BCUT2D eigenvalue weighted by Crippen LogP contribution is 2.46. The largest absolute Gasteiger partial charge is 0.355 e. The molecule has 2 aliphatic rings. The summed E-state index contributed by atoms with van der Waals surface area (Å²) in [5.41, 5.74) is 2.24. The van der Waals surface area contributed by atoms with Crippen LogP contribution in [0.2, 0.25) is 0 Å². The van der Waals surface area contributed by atoms with Gasteiger partial charge in [-0.3, -0.25) is 9.48 Å². The number of nitrogens with one attached hydrogen (secondary N) is 1. The van der Waals surface area contributed by atoms with Crippen LogP contribution in [0, 0.1) is 25.2 Å². The first-order valence-corrected chi connectivity index (χ1v) is 9.60. The summed E-state index contributed by atoms with van der Waals surface area (Å²) >= 11 is 0. The standard InChI is InChI=1S/C15H23N3O3S/c1-11-7-12(2)18(17-11)10-15(4-5-15)9-16-14(19)13-3-6-22(20,21)8-13/h7,13H,3-6,8-10H2,1-2H3,(H,16,19). The van der Waals surface area contributed by atoms with E-state index in [-0.39, 0.29) is 28.7 Å². The molecule has 1 aliphatic carbocycles. The molecular weight excluding hydrogens is 302 g/mol. The van der Waals surface area contributed by atoms with Crippen LogP contribution < -0.4 is 5.32 Å². The predicted molar refractivity (Wildman–Crippen MR) is 83.1 cm³/mol. The summed E-state index contributed by atoms with van der Waals surface area (Å²) in [6, 6.07) is 2.05. The van der Waals surface area contributed by atoms with E-state index in [1.54, 1.807) is 0 Å². The van der Waals surface area contributed by atoms with Crippen LogP contribution in [-0.4, -0.2) is 42.2 Å². The highest BCUT2D eigenvalue weighted by molar-refractivity contribution is 7.91. The van der Waals surface area contributed by atoms with Crippen molar-refractivity contribution in [2.24, 2.45) is 11.3 Å². The number of rotatable bonds is 5. The molecule has 122 valence electrons. The zero-order chi connectivity index (χ0) is 16.0. The van der Waals surface area contributed by atoms with Crippen LogP contribution in [0.5, 0.6) is 0 Å². The Morgan fingerprint density at radius 2 is 2.18 bits per heavy atom. The summed E-state index contributed by atoms with van der Waals surface area (Å²) in [4.78, 5) is 12.1. The SMILES string of the molecule is Cc1cc(C)n(CC2(CNC(=O)C3CCS(=O)(=O)C3)CC2)n1. The smallest absolute Gasteiger partial charge is 0.224 e. The van der Waals surface area contributed by atoms with Gasteiger partial charge in [0.2, 0.25) is 5.91 Å². The van der Waals surface area contributed by atoms with Gasteiger partial charge in [0, 0.05) is 24.2 Å². The zero-order valence-corrected chi connectivity index (χ0v) is 13.9. The Morgan fingerprint density at radius 3 is 2.68 bits per heavy atom. The average Bonchev–Trinajstić information content (AvgIpc) is 2.99. The molecule has 0 aromatic carbocycles. The number of aryl methyl sites for hydroxylation is 2. The van der Waals surface area contributed by atoms with Crippen molar-refractivity contribution in [3.8, 4) is 0 Å². The van der Waals surface area contributed by atoms with Gasteiger partial charge in [-0.1, -0.05) is 0 Å². The van der Waals surface area contributed by atoms with E-state index in [0.717, 1.165) is 30.8 Å². The molecule has 1 unspecified atom stereocenters. The second-order valence-corrected chi connectivity index (χ2v) is 9.13. The molecule has 1 aromatic rings. The Morgan fingerprint density at radius 1 is 1.45 bits per heavy atom. The van der Waals surface area contributed by atoms with Gasteiger partial charge >= 0.3 is 0 Å². The van der Waals surface area contributed by atoms with Crippen LogP contribution in [0.4, 0.5) is 0 Å². The molecule has 1 N–H and O–H groups in total. The Labute approximate surface area is 131 Å². The summed E-state index contributed by atoms with van der Waals surface area (Å²) in [5.74, 6) is -0.333. The van der Waals surface area contributed by atoms with Crippen molar-refractivity contribution in [3.05, 3.63) is 17.5 Å². The van der Waals surface area contributed by atoms with E-state index >= 15 is 0 Å². The normalized spacial score (nSPS) is 25.1. The number of nitrogens with zero attached hydrogens (tertiary/aromatic N) is 2. The van der Waals surface area contributed by atoms with Crippen LogP contribution in [-0.2, 0) is 21.2 Å². The Hall–Kier alpha value is -1.37. The van der Waals surface area contributed by atoms with Gasteiger partial charge in [0.05, 0.1) is 23.1 Å².